The highest BCUT2D eigenvalue weighted by Crippen LogP contribution is 2.32. The number of rotatable bonds is 4. The molecule has 5 nitrogen and oxygen atoms in total. The number of nitrogens with one attached hydrogen (secondary N) is 1. The number of aryl methyl sites for hydroxylation is 2. The number of carbonyl (C=O) groups is 3. The summed E-state index contributed by atoms with van der Waals surface area (Å²) in [5, 5.41) is 2.27. The second-order valence-corrected chi connectivity index (χ2v) is 7.04. The lowest BCUT2D eigenvalue weighted by Gasteiger charge is -2.12. The van der Waals surface area contributed by atoms with Crippen LogP contribution >= 0.6 is 11.8 Å². The van der Waals surface area contributed by atoms with Crippen molar-refractivity contribution in [3.05, 3.63) is 70.1 Å². The number of anilines is 1. The maximum Gasteiger partial charge on any atom is 0.294 e. The van der Waals surface area contributed by atoms with E-state index >= 15 is 0 Å². The molecule has 1 heterocycles. The van der Waals surface area contributed by atoms with E-state index in [-0.39, 0.29) is 6.54 Å². The third-order valence-corrected chi connectivity index (χ3v) is 4.86. The lowest BCUT2D eigenvalue weighted by atomic mass is 10.1. The van der Waals surface area contributed by atoms with Crippen LogP contribution in [0.15, 0.2) is 53.4 Å². The van der Waals surface area contributed by atoms with Gasteiger partial charge < -0.3 is 5.32 Å². The molecule has 0 aliphatic carbocycles. The molecule has 0 radical (unpaired) electrons. The Morgan fingerprint density at radius 3 is 2.62 bits per heavy atom. The first-order chi connectivity index (χ1) is 12.4. The topological polar surface area (TPSA) is 66.5 Å². The number of hydrogen-bond acceptors (Lipinski definition) is 4. The Bertz CT molecular complexity index is 921. The van der Waals surface area contributed by atoms with Gasteiger partial charge in [0.25, 0.3) is 11.1 Å². The lowest BCUT2D eigenvalue weighted by Crippen LogP contribution is -2.36. The average molecular weight is 366 g/mol. The van der Waals surface area contributed by atoms with Gasteiger partial charge in [-0.05, 0) is 60.5 Å². The van der Waals surface area contributed by atoms with E-state index in [4.69, 9.17) is 0 Å². The number of thioether (sulfide) groups is 1. The van der Waals surface area contributed by atoms with Crippen LogP contribution in [0.3, 0.4) is 0 Å². The molecule has 1 fully saturated rings. The first-order valence-corrected chi connectivity index (χ1v) is 8.93. The van der Waals surface area contributed by atoms with E-state index in [0.29, 0.717) is 10.6 Å². The maximum absolute atomic E-state index is 12.5. The van der Waals surface area contributed by atoms with Gasteiger partial charge in [-0.1, -0.05) is 36.4 Å². The minimum Gasteiger partial charge on any atom is -0.325 e. The SMILES string of the molecule is Cc1cccc(NC(=O)CN2C(=O)S/C(=C\c3ccccc3C)C2=O)c1. The van der Waals surface area contributed by atoms with Gasteiger partial charge >= 0.3 is 0 Å². The largest absolute Gasteiger partial charge is 0.325 e. The number of amides is 3. The van der Waals surface area contributed by atoms with E-state index in [0.717, 1.165) is 33.4 Å². The van der Waals surface area contributed by atoms with Gasteiger partial charge in [0, 0.05) is 5.69 Å². The molecule has 6 heteroatoms. The molecule has 3 amide bonds. The number of benzene rings is 2. The van der Waals surface area contributed by atoms with E-state index in [1.54, 1.807) is 12.1 Å². The third-order valence-electron chi connectivity index (χ3n) is 3.95. The molecular weight excluding hydrogens is 348 g/mol. The smallest absolute Gasteiger partial charge is 0.294 e. The van der Waals surface area contributed by atoms with Gasteiger partial charge in [0.05, 0.1) is 4.91 Å². The molecular formula is C20H18N2O3S. The van der Waals surface area contributed by atoms with Crippen LogP contribution in [0.25, 0.3) is 6.08 Å². The zero-order valence-corrected chi connectivity index (χ0v) is 15.3. The molecule has 0 aromatic heterocycles. The van der Waals surface area contributed by atoms with Crippen molar-refractivity contribution in [3.63, 3.8) is 0 Å². The molecule has 1 aliphatic rings. The minimum absolute atomic E-state index is 0.302. The normalized spacial score (nSPS) is 15.6. The summed E-state index contributed by atoms with van der Waals surface area (Å²) in [6, 6.07) is 14.9. The second kappa shape index (κ2) is 7.58. The fourth-order valence-electron chi connectivity index (χ4n) is 2.59. The van der Waals surface area contributed by atoms with Crippen molar-refractivity contribution >= 4 is 40.6 Å². The highest BCUT2D eigenvalue weighted by molar-refractivity contribution is 8.18. The van der Waals surface area contributed by atoms with Crippen LogP contribution in [0.4, 0.5) is 10.5 Å². The van der Waals surface area contributed by atoms with Gasteiger partial charge in [0.15, 0.2) is 0 Å². The molecule has 132 valence electrons. The van der Waals surface area contributed by atoms with Crippen LogP contribution in [0.5, 0.6) is 0 Å². The molecule has 0 bridgehead atoms. The van der Waals surface area contributed by atoms with Crippen LogP contribution in [0.1, 0.15) is 16.7 Å². The van der Waals surface area contributed by atoms with Crippen molar-refractivity contribution in [2.24, 2.45) is 0 Å². The fourth-order valence-corrected chi connectivity index (χ4v) is 3.42. The van der Waals surface area contributed by atoms with Crippen LogP contribution in [-0.2, 0) is 9.59 Å². The molecule has 1 aliphatic heterocycles. The Morgan fingerprint density at radius 2 is 1.88 bits per heavy atom. The summed E-state index contributed by atoms with van der Waals surface area (Å²) >= 11 is 0.855. The van der Waals surface area contributed by atoms with E-state index in [1.807, 2.05) is 56.3 Å². The number of hydrogen-bond donors (Lipinski definition) is 1. The van der Waals surface area contributed by atoms with Crippen LogP contribution < -0.4 is 5.32 Å². The Morgan fingerprint density at radius 1 is 1.12 bits per heavy atom. The fraction of sp³-hybridized carbons (Fsp3) is 0.150. The molecule has 2 aromatic rings. The van der Waals surface area contributed by atoms with Crippen molar-refractivity contribution in [1.82, 2.24) is 4.90 Å². The molecule has 0 unspecified atom stereocenters. The Kier molecular flexibility index (Phi) is 5.23. The Balaban J connectivity index is 1.71. The summed E-state index contributed by atoms with van der Waals surface area (Å²) in [5.41, 5.74) is 3.53. The van der Waals surface area contributed by atoms with Gasteiger partial charge in [0.2, 0.25) is 5.91 Å². The first-order valence-electron chi connectivity index (χ1n) is 8.11. The zero-order valence-electron chi connectivity index (χ0n) is 14.5. The molecule has 1 saturated heterocycles. The number of imide groups is 1. The van der Waals surface area contributed by atoms with E-state index in [1.165, 1.54) is 0 Å². The van der Waals surface area contributed by atoms with Crippen LogP contribution in [0, 0.1) is 13.8 Å². The summed E-state index contributed by atoms with van der Waals surface area (Å²) in [6.45, 7) is 3.55. The van der Waals surface area contributed by atoms with Crippen LogP contribution in [0.2, 0.25) is 0 Å². The van der Waals surface area contributed by atoms with E-state index in [2.05, 4.69) is 5.32 Å². The highest BCUT2D eigenvalue weighted by atomic mass is 32.2. The van der Waals surface area contributed by atoms with Crippen molar-refractivity contribution in [1.29, 1.82) is 0 Å². The summed E-state index contributed by atoms with van der Waals surface area (Å²) < 4.78 is 0. The maximum atomic E-state index is 12.5. The highest BCUT2D eigenvalue weighted by Gasteiger charge is 2.36. The number of nitrogens with zero attached hydrogens (tertiary/aromatic N) is 1. The van der Waals surface area contributed by atoms with Crippen molar-refractivity contribution in [2.75, 3.05) is 11.9 Å². The van der Waals surface area contributed by atoms with Gasteiger partial charge in [-0.25, -0.2) is 0 Å². The Labute approximate surface area is 156 Å². The van der Waals surface area contributed by atoms with E-state index < -0.39 is 17.1 Å². The summed E-state index contributed by atoms with van der Waals surface area (Å²) in [7, 11) is 0. The lowest BCUT2D eigenvalue weighted by molar-refractivity contribution is -0.127. The predicted molar refractivity (Wildman–Crippen MR) is 104 cm³/mol. The first kappa shape index (κ1) is 17.9. The average Bonchev–Trinajstić information content (AvgIpc) is 2.84. The van der Waals surface area contributed by atoms with E-state index in [9.17, 15) is 14.4 Å². The van der Waals surface area contributed by atoms with Gasteiger partial charge in [0.1, 0.15) is 6.54 Å². The van der Waals surface area contributed by atoms with Gasteiger partial charge in [-0.2, -0.15) is 0 Å². The quantitative estimate of drug-likeness (QED) is 0.831. The predicted octanol–water partition coefficient (Wildman–Crippen LogP) is 3.98. The van der Waals surface area contributed by atoms with Crippen molar-refractivity contribution in [2.45, 2.75) is 13.8 Å². The monoisotopic (exact) mass is 366 g/mol. The summed E-state index contributed by atoms with van der Waals surface area (Å²) in [5.74, 6) is -0.849. The van der Waals surface area contributed by atoms with Gasteiger partial charge in [-0.3, -0.25) is 19.3 Å². The molecule has 1 N–H and O–H groups in total. The van der Waals surface area contributed by atoms with Crippen molar-refractivity contribution in [3.8, 4) is 0 Å². The molecule has 2 aromatic carbocycles. The molecule has 0 saturated carbocycles. The number of carbonyl (C=O) groups excluding carboxylic acids is 3. The summed E-state index contributed by atoms with van der Waals surface area (Å²) in [4.78, 5) is 38.2. The Hall–Kier alpha value is -2.86. The standard InChI is InChI=1S/C20H18N2O3S/c1-13-6-5-9-16(10-13)21-18(23)12-22-19(24)17(26-20(22)25)11-15-8-4-3-7-14(15)2/h3-11H,12H2,1-2H3,(H,21,23)/b17-11-. The van der Waals surface area contributed by atoms with Gasteiger partial charge in [-0.15, -0.1) is 0 Å². The second-order valence-electron chi connectivity index (χ2n) is 6.04. The molecule has 3 rings (SSSR count). The third kappa shape index (κ3) is 4.03. The molecule has 0 atom stereocenters. The van der Waals surface area contributed by atoms with Crippen LogP contribution in [-0.4, -0.2) is 28.5 Å². The zero-order chi connectivity index (χ0) is 18.7. The molecule has 0 spiro atoms. The minimum atomic E-state index is -0.442. The molecule has 26 heavy (non-hydrogen) atoms. The summed E-state index contributed by atoms with van der Waals surface area (Å²) in [6.07, 6.45) is 1.69. The van der Waals surface area contributed by atoms with Crippen molar-refractivity contribution < 1.29 is 14.4 Å².